The molecule has 0 amide bonds. The maximum Gasteiger partial charge on any atom is 0.426 e. The third-order valence-corrected chi connectivity index (χ3v) is 3.40. The fourth-order valence-corrected chi connectivity index (χ4v) is 2.33. The summed E-state index contributed by atoms with van der Waals surface area (Å²) in [7, 11) is 1.15. The Labute approximate surface area is 129 Å². The van der Waals surface area contributed by atoms with Crippen molar-refractivity contribution >= 4 is 5.69 Å². The minimum atomic E-state index is -5.20. The molecule has 2 rings (SSSR count). The second-order valence-corrected chi connectivity index (χ2v) is 4.68. The van der Waals surface area contributed by atoms with Crippen LogP contribution in [0.3, 0.4) is 0 Å². The number of para-hydroxylation sites is 2. The maximum absolute atomic E-state index is 13.7. The predicted molar refractivity (Wildman–Crippen MR) is 75.1 cm³/mol. The number of methoxy groups -OCH3 is 1. The molecule has 2 aromatic carbocycles. The molecule has 8 heteroatoms. The highest BCUT2D eigenvalue weighted by atomic mass is 19.4. The summed E-state index contributed by atoms with van der Waals surface area (Å²) in [6, 6.07) is 9.15. The molecular weight excluding hydrogens is 315 g/mol. The molecule has 0 saturated carbocycles. The molecule has 1 unspecified atom stereocenters. The lowest BCUT2D eigenvalue weighted by Crippen LogP contribution is -2.44. The molecule has 122 valence electrons. The molecule has 0 aromatic heterocycles. The van der Waals surface area contributed by atoms with E-state index in [0.29, 0.717) is 0 Å². The van der Waals surface area contributed by atoms with Crippen molar-refractivity contribution in [2.45, 2.75) is 11.8 Å². The molecule has 0 fully saturated rings. The maximum atomic E-state index is 13.7. The van der Waals surface area contributed by atoms with Crippen molar-refractivity contribution in [1.82, 2.24) is 0 Å². The lowest BCUT2D eigenvalue weighted by Gasteiger charge is -2.32. The Morgan fingerprint density at radius 3 is 2.09 bits per heavy atom. The Morgan fingerprint density at radius 2 is 1.57 bits per heavy atom. The van der Waals surface area contributed by atoms with Crippen molar-refractivity contribution in [1.29, 1.82) is 0 Å². The van der Waals surface area contributed by atoms with Crippen molar-refractivity contribution in [3.05, 3.63) is 69.8 Å². The van der Waals surface area contributed by atoms with Crippen LogP contribution in [0.2, 0.25) is 0 Å². The summed E-state index contributed by atoms with van der Waals surface area (Å²) in [6.45, 7) is 0. The van der Waals surface area contributed by atoms with Gasteiger partial charge in [0.15, 0.2) is 0 Å². The topological polar surface area (TPSA) is 72.6 Å². The van der Waals surface area contributed by atoms with Gasteiger partial charge in [-0.15, -0.1) is 0 Å². The van der Waals surface area contributed by atoms with Crippen LogP contribution < -0.4 is 4.74 Å². The number of aliphatic hydroxyl groups is 1. The number of halogens is 3. The van der Waals surface area contributed by atoms with Crippen molar-refractivity contribution in [3.63, 3.8) is 0 Å². The zero-order chi connectivity index (χ0) is 17.3. The Bertz CT molecular complexity index is 733. The van der Waals surface area contributed by atoms with Gasteiger partial charge < -0.3 is 9.84 Å². The number of ether oxygens (including phenoxy) is 1. The third kappa shape index (κ3) is 2.72. The number of hydrogen-bond acceptors (Lipinski definition) is 4. The average Bonchev–Trinajstić information content (AvgIpc) is 2.52. The summed E-state index contributed by atoms with van der Waals surface area (Å²) >= 11 is 0. The van der Waals surface area contributed by atoms with Crippen LogP contribution in [0, 0.1) is 10.1 Å². The van der Waals surface area contributed by atoms with Crippen LogP contribution in [0.1, 0.15) is 11.1 Å². The van der Waals surface area contributed by atoms with Gasteiger partial charge in [0.2, 0.25) is 5.60 Å². The van der Waals surface area contributed by atoms with Gasteiger partial charge in [-0.3, -0.25) is 10.1 Å². The van der Waals surface area contributed by atoms with Crippen LogP contribution in [0.4, 0.5) is 18.9 Å². The van der Waals surface area contributed by atoms with E-state index in [2.05, 4.69) is 0 Å². The molecule has 1 atom stereocenters. The van der Waals surface area contributed by atoms with Gasteiger partial charge in [0.1, 0.15) is 5.75 Å². The van der Waals surface area contributed by atoms with E-state index in [4.69, 9.17) is 4.74 Å². The molecule has 0 bridgehead atoms. The van der Waals surface area contributed by atoms with E-state index in [0.717, 1.165) is 25.3 Å². The summed E-state index contributed by atoms with van der Waals surface area (Å²) in [6.07, 6.45) is -5.20. The summed E-state index contributed by atoms with van der Waals surface area (Å²) in [4.78, 5) is 10.1. The zero-order valence-corrected chi connectivity index (χ0v) is 11.9. The quantitative estimate of drug-likeness (QED) is 0.690. The first-order chi connectivity index (χ1) is 10.7. The standard InChI is InChI=1S/C15H12F3NO4/c1-23-13-9-5-3-7-11(13)14(20,15(16,17)18)10-6-2-4-8-12(10)19(21)22/h2-9,20H,1H3. The van der Waals surface area contributed by atoms with E-state index < -0.39 is 33.5 Å². The van der Waals surface area contributed by atoms with Gasteiger partial charge in [0.25, 0.3) is 5.69 Å². The SMILES string of the molecule is COc1ccccc1C(O)(c1ccccc1[N+](=O)[O-])C(F)(F)F. The smallest absolute Gasteiger partial charge is 0.426 e. The monoisotopic (exact) mass is 327 g/mol. The zero-order valence-electron chi connectivity index (χ0n) is 11.9. The molecule has 5 nitrogen and oxygen atoms in total. The fourth-order valence-electron chi connectivity index (χ4n) is 2.33. The summed E-state index contributed by atoms with van der Waals surface area (Å²) < 4.78 is 46.0. The van der Waals surface area contributed by atoms with Crippen LogP contribution in [0.15, 0.2) is 48.5 Å². The van der Waals surface area contributed by atoms with Crippen molar-refractivity contribution in [2.24, 2.45) is 0 Å². The van der Waals surface area contributed by atoms with Crippen molar-refractivity contribution < 1.29 is 27.9 Å². The van der Waals surface area contributed by atoms with Crippen LogP contribution >= 0.6 is 0 Å². The molecule has 23 heavy (non-hydrogen) atoms. The van der Waals surface area contributed by atoms with Gasteiger partial charge in [-0.1, -0.05) is 30.3 Å². The molecule has 0 saturated heterocycles. The van der Waals surface area contributed by atoms with Gasteiger partial charge in [0.05, 0.1) is 17.6 Å². The number of nitro groups is 1. The lowest BCUT2D eigenvalue weighted by atomic mass is 9.84. The summed E-state index contributed by atoms with van der Waals surface area (Å²) in [5.74, 6) is -0.231. The van der Waals surface area contributed by atoms with Crippen molar-refractivity contribution in [3.8, 4) is 5.75 Å². The number of nitro benzene ring substituents is 1. The molecule has 0 radical (unpaired) electrons. The molecule has 0 aliphatic rings. The van der Waals surface area contributed by atoms with E-state index in [1.54, 1.807) is 0 Å². The molecule has 0 aliphatic heterocycles. The average molecular weight is 327 g/mol. The van der Waals surface area contributed by atoms with Crippen LogP contribution in [-0.4, -0.2) is 23.3 Å². The largest absolute Gasteiger partial charge is 0.496 e. The van der Waals surface area contributed by atoms with Crippen LogP contribution in [-0.2, 0) is 5.60 Å². The second-order valence-electron chi connectivity index (χ2n) is 4.68. The van der Waals surface area contributed by atoms with Crippen molar-refractivity contribution in [2.75, 3.05) is 7.11 Å². The first-order valence-corrected chi connectivity index (χ1v) is 6.40. The normalized spacial score (nSPS) is 14.1. The lowest BCUT2D eigenvalue weighted by molar-refractivity contribution is -0.388. The van der Waals surface area contributed by atoms with Crippen LogP contribution in [0.5, 0.6) is 5.75 Å². The minimum absolute atomic E-state index is 0.231. The minimum Gasteiger partial charge on any atom is -0.496 e. The molecule has 0 aliphatic carbocycles. The first kappa shape index (κ1) is 16.8. The Hall–Kier alpha value is -2.61. The number of rotatable bonds is 4. The van der Waals surface area contributed by atoms with Gasteiger partial charge >= 0.3 is 6.18 Å². The highest BCUT2D eigenvalue weighted by molar-refractivity contribution is 5.53. The summed E-state index contributed by atoms with van der Waals surface area (Å²) in [5.41, 5.74) is -5.91. The first-order valence-electron chi connectivity index (χ1n) is 6.40. The van der Waals surface area contributed by atoms with Gasteiger partial charge in [-0.05, 0) is 12.1 Å². The van der Waals surface area contributed by atoms with E-state index in [9.17, 15) is 28.4 Å². The molecule has 0 heterocycles. The van der Waals surface area contributed by atoms with Gasteiger partial charge in [-0.2, -0.15) is 13.2 Å². The number of nitrogens with zero attached hydrogens (tertiary/aromatic N) is 1. The van der Waals surface area contributed by atoms with Gasteiger partial charge in [-0.25, -0.2) is 0 Å². The highest BCUT2D eigenvalue weighted by Crippen LogP contribution is 2.49. The fraction of sp³-hybridized carbons (Fsp3) is 0.200. The second kappa shape index (κ2) is 5.88. The Balaban J connectivity index is 2.85. The number of benzene rings is 2. The van der Waals surface area contributed by atoms with Gasteiger partial charge in [0, 0.05) is 11.6 Å². The van der Waals surface area contributed by atoms with E-state index in [1.165, 1.54) is 30.3 Å². The molecule has 0 spiro atoms. The van der Waals surface area contributed by atoms with E-state index in [-0.39, 0.29) is 5.75 Å². The predicted octanol–water partition coefficient (Wildman–Crippen LogP) is 3.40. The third-order valence-electron chi connectivity index (χ3n) is 3.40. The van der Waals surface area contributed by atoms with Crippen LogP contribution in [0.25, 0.3) is 0 Å². The molecular formula is C15H12F3NO4. The highest BCUT2D eigenvalue weighted by Gasteiger charge is 2.59. The van der Waals surface area contributed by atoms with E-state index >= 15 is 0 Å². The Morgan fingerprint density at radius 1 is 1.04 bits per heavy atom. The molecule has 2 aromatic rings. The summed E-state index contributed by atoms with van der Waals surface area (Å²) in [5, 5.41) is 21.6. The Kier molecular flexibility index (Phi) is 4.28. The van der Waals surface area contributed by atoms with E-state index in [1.807, 2.05) is 0 Å². The number of alkyl halides is 3. The number of hydrogen-bond donors (Lipinski definition) is 1. The molecule has 1 N–H and O–H groups in total.